The largest absolute Gasteiger partial charge is 0.311 e. The van der Waals surface area contributed by atoms with E-state index in [0.29, 0.717) is 4.96 Å². The van der Waals surface area contributed by atoms with E-state index in [1.54, 1.807) is 18.6 Å². The van der Waals surface area contributed by atoms with Crippen LogP contribution in [0, 0.1) is 13.8 Å². The van der Waals surface area contributed by atoms with Gasteiger partial charge < -0.3 is 4.90 Å². The predicted octanol–water partition coefficient (Wildman–Crippen LogP) is 2.65. The third kappa shape index (κ3) is 2.31. The van der Waals surface area contributed by atoms with Crippen LogP contribution in [-0.4, -0.2) is 22.3 Å². The Morgan fingerprint density at radius 2 is 2.05 bits per heavy atom. The minimum atomic E-state index is -0.360. The summed E-state index contributed by atoms with van der Waals surface area (Å²) in [6, 6.07) is 5.76. The molecule has 5 nitrogen and oxygen atoms in total. The van der Waals surface area contributed by atoms with Gasteiger partial charge in [-0.05, 0) is 37.1 Å². The average molecular weight is 313 g/mol. The molecule has 112 valence electrons. The summed E-state index contributed by atoms with van der Waals surface area (Å²) in [5.41, 5.74) is 2.73. The third-order valence-corrected chi connectivity index (χ3v) is 4.53. The van der Waals surface area contributed by atoms with Crippen molar-refractivity contribution < 1.29 is 4.79 Å². The normalized spacial score (nSPS) is 10.9. The molecular formula is C16H15N3O2S. The highest BCUT2D eigenvalue weighted by molar-refractivity contribution is 7.15. The van der Waals surface area contributed by atoms with Crippen molar-refractivity contribution in [3.8, 4) is 0 Å². The average Bonchev–Trinajstić information content (AvgIpc) is 2.98. The number of carbonyl (C=O) groups is 1. The minimum absolute atomic E-state index is 0.0663. The number of fused-ring (bicyclic) bond motifs is 1. The second-order valence-corrected chi connectivity index (χ2v) is 6.04. The first kappa shape index (κ1) is 14.5. The number of carbonyl (C=O) groups excluding carboxylic acids is 1. The number of aryl methyl sites for hydroxylation is 2. The molecule has 0 spiro atoms. The van der Waals surface area contributed by atoms with Crippen LogP contribution in [0.15, 0.2) is 40.8 Å². The number of rotatable bonds is 2. The Bertz CT molecular complexity index is 927. The van der Waals surface area contributed by atoms with Gasteiger partial charge in [-0.15, -0.1) is 11.3 Å². The van der Waals surface area contributed by atoms with E-state index in [-0.39, 0.29) is 17.0 Å². The highest BCUT2D eigenvalue weighted by Crippen LogP contribution is 2.19. The van der Waals surface area contributed by atoms with Crippen molar-refractivity contribution in [2.24, 2.45) is 0 Å². The number of thiazole rings is 1. The lowest BCUT2D eigenvalue weighted by Crippen LogP contribution is -2.33. The van der Waals surface area contributed by atoms with E-state index in [4.69, 9.17) is 0 Å². The number of aromatic nitrogens is 2. The molecule has 0 bridgehead atoms. The van der Waals surface area contributed by atoms with Gasteiger partial charge in [-0.1, -0.05) is 6.07 Å². The van der Waals surface area contributed by atoms with Crippen LogP contribution in [0.1, 0.15) is 21.5 Å². The Morgan fingerprint density at radius 3 is 2.77 bits per heavy atom. The lowest BCUT2D eigenvalue weighted by Gasteiger charge is -2.18. The van der Waals surface area contributed by atoms with Crippen molar-refractivity contribution in [3.05, 3.63) is 63.0 Å². The Hall–Kier alpha value is -2.47. The molecule has 0 N–H and O–H groups in total. The molecule has 2 aromatic heterocycles. The van der Waals surface area contributed by atoms with Crippen molar-refractivity contribution in [2.75, 3.05) is 11.9 Å². The molecule has 2 heterocycles. The van der Waals surface area contributed by atoms with Crippen LogP contribution in [0.2, 0.25) is 0 Å². The maximum absolute atomic E-state index is 12.6. The highest BCUT2D eigenvalue weighted by atomic mass is 32.1. The van der Waals surface area contributed by atoms with Gasteiger partial charge in [0.1, 0.15) is 5.56 Å². The fourth-order valence-electron chi connectivity index (χ4n) is 2.20. The van der Waals surface area contributed by atoms with Gasteiger partial charge in [0.2, 0.25) is 0 Å². The molecule has 22 heavy (non-hydrogen) atoms. The number of hydrogen-bond donors (Lipinski definition) is 0. The van der Waals surface area contributed by atoms with Crippen molar-refractivity contribution in [1.82, 2.24) is 9.38 Å². The Kier molecular flexibility index (Phi) is 3.54. The molecule has 3 aromatic rings. The lowest BCUT2D eigenvalue weighted by atomic mass is 10.1. The van der Waals surface area contributed by atoms with Crippen molar-refractivity contribution in [1.29, 1.82) is 0 Å². The van der Waals surface area contributed by atoms with E-state index in [9.17, 15) is 9.59 Å². The second-order valence-electron chi connectivity index (χ2n) is 5.17. The van der Waals surface area contributed by atoms with Crippen LogP contribution < -0.4 is 10.5 Å². The van der Waals surface area contributed by atoms with Gasteiger partial charge in [0, 0.05) is 30.5 Å². The topological polar surface area (TPSA) is 54.7 Å². The maximum Gasteiger partial charge on any atom is 0.271 e. The molecule has 0 radical (unpaired) electrons. The first-order valence-electron chi connectivity index (χ1n) is 6.79. The van der Waals surface area contributed by atoms with Gasteiger partial charge >= 0.3 is 0 Å². The summed E-state index contributed by atoms with van der Waals surface area (Å²) >= 11 is 1.36. The number of amides is 1. The van der Waals surface area contributed by atoms with Crippen molar-refractivity contribution in [3.63, 3.8) is 0 Å². The van der Waals surface area contributed by atoms with Gasteiger partial charge in [-0.2, -0.15) is 0 Å². The second kappa shape index (κ2) is 5.38. The van der Waals surface area contributed by atoms with Gasteiger partial charge in [0.15, 0.2) is 4.96 Å². The summed E-state index contributed by atoms with van der Waals surface area (Å²) in [4.78, 5) is 31.2. The SMILES string of the molecule is Cc1ccc(N(C)C(=O)c2cnc3sccn3c2=O)cc1C. The van der Waals surface area contributed by atoms with Crippen molar-refractivity contribution >= 4 is 27.9 Å². The molecule has 1 aromatic carbocycles. The molecule has 1 amide bonds. The molecule has 0 atom stereocenters. The van der Waals surface area contributed by atoms with E-state index in [2.05, 4.69) is 4.98 Å². The summed E-state index contributed by atoms with van der Waals surface area (Å²) in [5, 5.41) is 1.77. The monoisotopic (exact) mass is 313 g/mol. The van der Waals surface area contributed by atoms with Crippen LogP contribution in [0.25, 0.3) is 4.96 Å². The Morgan fingerprint density at radius 1 is 1.27 bits per heavy atom. The van der Waals surface area contributed by atoms with Gasteiger partial charge in [-0.3, -0.25) is 14.0 Å². The molecule has 0 aliphatic heterocycles. The van der Waals surface area contributed by atoms with Crippen LogP contribution in [0.4, 0.5) is 5.69 Å². The first-order valence-corrected chi connectivity index (χ1v) is 7.67. The molecule has 0 aliphatic rings. The summed E-state index contributed by atoms with van der Waals surface area (Å²) in [5.74, 6) is -0.360. The smallest absolute Gasteiger partial charge is 0.271 e. The fourth-order valence-corrected chi connectivity index (χ4v) is 2.88. The standard InChI is InChI=1S/C16H15N3O2S/c1-10-4-5-12(8-11(10)2)18(3)14(20)13-9-17-16-19(15(13)21)6-7-22-16/h4-9H,1-3H3. The summed E-state index contributed by atoms with van der Waals surface area (Å²) in [7, 11) is 1.66. The summed E-state index contributed by atoms with van der Waals surface area (Å²) in [6.07, 6.45) is 2.98. The van der Waals surface area contributed by atoms with E-state index < -0.39 is 0 Å². The third-order valence-electron chi connectivity index (χ3n) is 3.76. The molecular weight excluding hydrogens is 298 g/mol. The van der Waals surface area contributed by atoms with Gasteiger partial charge in [0.05, 0.1) is 0 Å². The zero-order valence-electron chi connectivity index (χ0n) is 12.5. The molecule has 0 saturated heterocycles. The number of hydrogen-bond acceptors (Lipinski definition) is 4. The van der Waals surface area contributed by atoms with Gasteiger partial charge in [-0.25, -0.2) is 4.98 Å². The van der Waals surface area contributed by atoms with E-state index in [0.717, 1.165) is 16.8 Å². The maximum atomic E-state index is 12.6. The van der Waals surface area contributed by atoms with Crippen LogP contribution in [0.5, 0.6) is 0 Å². The van der Waals surface area contributed by atoms with Crippen LogP contribution >= 0.6 is 11.3 Å². The van der Waals surface area contributed by atoms with E-state index in [1.807, 2.05) is 32.0 Å². The lowest BCUT2D eigenvalue weighted by molar-refractivity contribution is 0.0991. The minimum Gasteiger partial charge on any atom is -0.311 e. The molecule has 0 fully saturated rings. The molecule has 0 aliphatic carbocycles. The Balaban J connectivity index is 2.02. The summed E-state index contributed by atoms with van der Waals surface area (Å²) < 4.78 is 1.39. The highest BCUT2D eigenvalue weighted by Gasteiger charge is 2.19. The molecule has 6 heteroatoms. The van der Waals surface area contributed by atoms with E-state index in [1.165, 1.54) is 26.8 Å². The molecule has 3 rings (SSSR count). The molecule has 0 unspecified atom stereocenters. The Labute approximate surface area is 131 Å². The first-order chi connectivity index (χ1) is 10.5. The zero-order valence-corrected chi connectivity index (χ0v) is 13.3. The number of anilines is 1. The van der Waals surface area contributed by atoms with Crippen LogP contribution in [-0.2, 0) is 0 Å². The van der Waals surface area contributed by atoms with Crippen LogP contribution in [0.3, 0.4) is 0 Å². The predicted molar refractivity (Wildman–Crippen MR) is 88.0 cm³/mol. The fraction of sp³-hybridized carbons (Fsp3) is 0.188. The number of benzene rings is 1. The zero-order chi connectivity index (χ0) is 15.9. The number of nitrogens with zero attached hydrogens (tertiary/aromatic N) is 3. The van der Waals surface area contributed by atoms with Crippen molar-refractivity contribution in [2.45, 2.75) is 13.8 Å². The van der Waals surface area contributed by atoms with E-state index >= 15 is 0 Å². The summed E-state index contributed by atoms with van der Waals surface area (Å²) in [6.45, 7) is 4.01. The molecule has 0 saturated carbocycles. The quantitative estimate of drug-likeness (QED) is 0.731. The van der Waals surface area contributed by atoms with Gasteiger partial charge in [0.25, 0.3) is 11.5 Å².